The van der Waals surface area contributed by atoms with Crippen molar-refractivity contribution in [2.45, 2.75) is 31.4 Å². The first-order valence-electron chi connectivity index (χ1n) is 5.80. The first kappa shape index (κ1) is 14.2. The molecule has 0 spiro atoms. The number of nitrogens with one attached hydrogen (secondary N) is 1. The Kier molecular flexibility index (Phi) is 5.04. The second-order valence-electron chi connectivity index (χ2n) is 4.74. The molecule has 0 aromatic heterocycles. The lowest BCUT2D eigenvalue weighted by molar-refractivity contribution is 0.285. The van der Waals surface area contributed by atoms with Crippen LogP contribution in [0.4, 0.5) is 0 Å². The highest BCUT2D eigenvalue weighted by atomic mass is 35.5. The van der Waals surface area contributed by atoms with E-state index < -0.39 is 10.0 Å². The first-order chi connectivity index (χ1) is 7.10. The summed E-state index contributed by atoms with van der Waals surface area (Å²) >= 11 is 0. The Labute approximate surface area is 104 Å². The summed E-state index contributed by atoms with van der Waals surface area (Å²) in [7, 11) is -3.01. The number of hydrogen-bond donors (Lipinski definition) is 1. The normalized spacial score (nSPS) is 28.9. The van der Waals surface area contributed by atoms with Crippen LogP contribution in [0.1, 0.15) is 26.2 Å². The van der Waals surface area contributed by atoms with E-state index in [1.807, 2.05) is 0 Å². The van der Waals surface area contributed by atoms with Gasteiger partial charge in [-0.2, -0.15) is 0 Å². The molecule has 0 aliphatic carbocycles. The third kappa shape index (κ3) is 2.88. The summed E-state index contributed by atoms with van der Waals surface area (Å²) in [5.74, 6) is 0.679. The van der Waals surface area contributed by atoms with E-state index in [9.17, 15) is 8.42 Å². The minimum absolute atomic E-state index is 0. The number of piperidine rings is 1. The molecule has 0 aromatic carbocycles. The summed E-state index contributed by atoms with van der Waals surface area (Å²) in [6.45, 7) is 5.11. The van der Waals surface area contributed by atoms with Crippen molar-refractivity contribution in [2.75, 3.05) is 26.2 Å². The number of hydrogen-bond acceptors (Lipinski definition) is 3. The summed E-state index contributed by atoms with van der Waals surface area (Å²) in [5, 5.41) is 2.95. The van der Waals surface area contributed by atoms with E-state index in [2.05, 4.69) is 12.2 Å². The van der Waals surface area contributed by atoms with E-state index >= 15 is 0 Å². The topological polar surface area (TPSA) is 49.4 Å². The van der Waals surface area contributed by atoms with Gasteiger partial charge in [-0.3, -0.25) is 0 Å². The predicted octanol–water partition coefficient (Wildman–Crippen LogP) is 0.832. The minimum atomic E-state index is -3.01. The van der Waals surface area contributed by atoms with Gasteiger partial charge >= 0.3 is 0 Å². The average molecular weight is 269 g/mol. The summed E-state index contributed by atoms with van der Waals surface area (Å²) < 4.78 is 26.1. The SMILES string of the molecule is CC1CCN(S(=O)(=O)C2CCNC2)CC1.Cl. The number of rotatable bonds is 2. The second-order valence-corrected chi connectivity index (χ2v) is 6.95. The zero-order valence-electron chi connectivity index (χ0n) is 9.68. The molecule has 2 aliphatic heterocycles. The van der Waals surface area contributed by atoms with Crippen molar-refractivity contribution in [3.05, 3.63) is 0 Å². The third-order valence-corrected chi connectivity index (χ3v) is 5.87. The van der Waals surface area contributed by atoms with Gasteiger partial charge in [0.1, 0.15) is 0 Å². The number of sulfonamides is 1. The summed E-state index contributed by atoms with van der Waals surface area (Å²) in [6.07, 6.45) is 2.80. The van der Waals surface area contributed by atoms with Crippen LogP contribution >= 0.6 is 12.4 Å². The van der Waals surface area contributed by atoms with Crippen LogP contribution in [0.15, 0.2) is 0 Å². The molecule has 0 amide bonds. The van der Waals surface area contributed by atoms with Gasteiger partial charge in [-0.1, -0.05) is 6.92 Å². The summed E-state index contributed by atoms with van der Waals surface area (Å²) in [4.78, 5) is 0. The molecule has 6 heteroatoms. The maximum atomic E-state index is 12.2. The van der Waals surface area contributed by atoms with Crippen LogP contribution in [0.2, 0.25) is 0 Å². The lowest BCUT2D eigenvalue weighted by Crippen LogP contribution is -2.43. The maximum absolute atomic E-state index is 12.2. The molecular weight excluding hydrogens is 248 g/mol. The Balaban J connectivity index is 0.00000128. The molecule has 1 N–H and O–H groups in total. The van der Waals surface area contributed by atoms with Crippen LogP contribution in [0.5, 0.6) is 0 Å². The van der Waals surface area contributed by atoms with E-state index in [4.69, 9.17) is 0 Å². The Morgan fingerprint density at radius 3 is 2.31 bits per heavy atom. The lowest BCUT2D eigenvalue weighted by atomic mass is 10.0. The van der Waals surface area contributed by atoms with Crippen LogP contribution < -0.4 is 5.32 Å². The van der Waals surface area contributed by atoms with Crippen LogP contribution in [0.3, 0.4) is 0 Å². The molecule has 16 heavy (non-hydrogen) atoms. The highest BCUT2D eigenvalue weighted by molar-refractivity contribution is 7.89. The van der Waals surface area contributed by atoms with E-state index in [0.717, 1.165) is 38.9 Å². The van der Waals surface area contributed by atoms with Crippen molar-refractivity contribution < 1.29 is 8.42 Å². The van der Waals surface area contributed by atoms with Crippen molar-refractivity contribution in [2.24, 2.45) is 5.92 Å². The van der Waals surface area contributed by atoms with Crippen molar-refractivity contribution >= 4 is 22.4 Å². The lowest BCUT2D eigenvalue weighted by Gasteiger charge is -2.31. The first-order valence-corrected chi connectivity index (χ1v) is 7.30. The van der Waals surface area contributed by atoms with Gasteiger partial charge in [0.2, 0.25) is 10.0 Å². The standard InChI is InChI=1S/C10H20N2O2S.ClH/c1-9-3-6-12(7-4-9)15(13,14)10-2-5-11-8-10;/h9-11H,2-8H2,1H3;1H. The average Bonchev–Trinajstić information content (AvgIpc) is 2.71. The quantitative estimate of drug-likeness (QED) is 0.807. The monoisotopic (exact) mass is 268 g/mol. The fourth-order valence-electron chi connectivity index (χ4n) is 2.33. The van der Waals surface area contributed by atoms with Gasteiger partial charge in [-0.15, -0.1) is 12.4 Å². The van der Waals surface area contributed by atoms with Gasteiger partial charge in [-0.25, -0.2) is 12.7 Å². The molecule has 0 bridgehead atoms. The zero-order chi connectivity index (χ0) is 10.9. The van der Waals surface area contributed by atoms with Gasteiger partial charge in [0, 0.05) is 19.6 Å². The Bertz CT molecular complexity index is 307. The molecule has 4 nitrogen and oxygen atoms in total. The smallest absolute Gasteiger partial charge is 0.218 e. The Morgan fingerprint density at radius 2 is 1.81 bits per heavy atom. The van der Waals surface area contributed by atoms with Crippen LogP contribution in [0.25, 0.3) is 0 Å². The van der Waals surface area contributed by atoms with Gasteiger partial charge in [-0.05, 0) is 31.7 Å². The molecule has 2 fully saturated rings. The highest BCUT2D eigenvalue weighted by Gasteiger charge is 2.35. The van der Waals surface area contributed by atoms with Crippen LogP contribution in [0, 0.1) is 5.92 Å². The van der Waals surface area contributed by atoms with E-state index in [-0.39, 0.29) is 17.7 Å². The molecule has 1 atom stereocenters. The van der Waals surface area contributed by atoms with Crippen LogP contribution in [-0.4, -0.2) is 44.2 Å². The molecule has 0 saturated carbocycles. The molecule has 0 radical (unpaired) electrons. The van der Waals surface area contributed by atoms with Gasteiger partial charge in [0.05, 0.1) is 5.25 Å². The zero-order valence-corrected chi connectivity index (χ0v) is 11.3. The van der Waals surface area contributed by atoms with Crippen molar-refractivity contribution in [1.29, 1.82) is 0 Å². The molecule has 2 saturated heterocycles. The predicted molar refractivity (Wildman–Crippen MR) is 67.4 cm³/mol. The Morgan fingerprint density at radius 1 is 1.19 bits per heavy atom. The second kappa shape index (κ2) is 5.67. The van der Waals surface area contributed by atoms with E-state index in [1.165, 1.54) is 0 Å². The minimum Gasteiger partial charge on any atom is -0.315 e. The van der Waals surface area contributed by atoms with E-state index in [0.29, 0.717) is 12.5 Å². The maximum Gasteiger partial charge on any atom is 0.218 e. The largest absolute Gasteiger partial charge is 0.315 e. The van der Waals surface area contributed by atoms with Gasteiger partial charge in [0.25, 0.3) is 0 Å². The molecule has 2 rings (SSSR count). The van der Waals surface area contributed by atoms with Crippen molar-refractivity contribution in [1.82, 2.24) is 9.62 Å². The fourth-order valence-corrected chi connectivity index (χ4v) is 4.22. The molecule has 1 unspecified atom stereocenters. The molecular formula is C10H21ClN2O2S. The fraction of sp³-hybridized carbons (Fsp3) is 1.00. The summed E-state index contributed by atoms with van der Waals surface area (Å²) in [5.41, 5.74) is 0. The number of nitrogens with zero attached hydrogens (tertiary/aromatic N) is 1. The molecule has 0 aromatic rings. The summed E-state index contributed by atoms with van der Waals surface area (Å²) in [6, 6.07) is 0. The molecule has 2 aliphatic rings. The number of halogens is 1. The third-order valence-electron chi connectivity index (χ3n) is 3.54. The molecule has 96 valence electrons. The van der Waals surface area contributed by atoms with Gasteiger partial charge < -0.3 is 5.32 Å². The Hall–Kier alpha value is 0.160. The van der Waals surface area contributed by atoms with Crippen LogP contribution in [-0.2, 0) is 10.0 Å². The van der Waals surface area contributed by atoms with Crippen molar-refractivity contribution in [3.8, 4) is 0 Å². The van der Waals surface area contributed by atoms with E-state index in [1.54, 1.807) is 4.31 Å². The van der Waals surface area contributed by atoms with Gasteiger partial charge in [0.15, 0.2) is 0 Å². The molecule has 2 heterocycles. The van der Waals surface area contributed by atoms with Crippen molar-refractivity contribution in [3.63, 3.8) is 0 Å². The highest BCUT2D eigenvalue weighted by Crippen LogP contribution is 2.22.